The third-order valence-corrected chi connectivity index (χ3v) is 4.26. The zero-order valence-corrected chi connectivity index (χ0v) is 10.3. The number of nitrogen functional groups attached to an aromatic ring is 1. The number of anilines is 1. The van der Waals surface area contributed by atoms with Crippen LogP contribution < -0.4 is 5.73 Å². The van der Waals surface area contributed by atoms with Gasteiger partial charge in [-0.3, -0.25) is 0 Å². The number of hydrogen-bond donors (Lipinski definition) is 1. The Labute approximate surface area is 101 Å². The molecule has 7 heteroatoms. The number of nitriles is 1. The minimum absolute atomic E-state index is 0.0141. The molecular formula is C10H14N4O2S. The average molecular weight is 254 g/mol. The Morgan fingerprint density at radius 2 is 2.29 bits per heavy atom. The van der Waals surface area contributed by atoms with Crippen molar-refractivity contribution < 1.29 is 8.42 Å². The van der Waals surface area contributed by atoms with Crippen molar-refractivity contribution in [2.24, 2.45) is 0 Å². The second kappa shape index (κ2) is 5.61. The van der Waals surface area contributed by atoms with E-state index in [1.807, 2.05) is 6.07 Å². The Morgan fingerprint density at radius 3 is 2.82 bits per heavy atom. The van der Waals surface area contributed by atoms with Crippen molar-refractivity contribution in [3.8, 4) is 6.07 Å². The molecule has 0 aliphatic heterocycles. The molecule has 1 aromatic rings. The van der Waals surface area contributed by atoms with Gasteiger partial charge in [-0.2, -0.15) is 9.57 Å². The summed E-state index contributed by atoms with van der Waals surface area (Å²) in [7, 11) is -3.66. The van der Waals surface area contributed by atoms with Crippen LogP contribution in [0.5, 0.6) is 0 Å². The van der Waals surface area contributed by atoms with Crippen molar-refractivity contribution in [3.05, 3.63) is 18.3 Å². The van der Waals surface area contributed by atoms with Crippen LogP contribution in [0.4, 0.5) is 5.82 Å². The van der Waals surface area contributed by atoms with Gasteiger partial charge in [0.05, 0.1) is 6.07 Å². The highest BCUT2D eigenvalue weighted by Gasteiger charge is 2.25. The van der Waals surface area contributed by atoms with Gasteiger partial charge in [0.1, 0.15) is 10.7 Å². The second-order valence-electron chi connectivity index (χ2n) is 3.29. The van der Waals surface area contributed by atoms with Crippen LogP contribution in [-0.4, -0.2) is 30.8 Å². The van der Waals surface area contributed by atoms with Gasteiger partial charge in [0, 0.05) is 25.7 Å². The molecule has 1 rings (SSSR count). The van der Waals surface area contributed by atoms with E-state index in [2.05, 4.69) is 4.98 Å². The minimum Gasteiger partial charge on any atom is -0.383 e. The number of pyridine rings is 1. The molecule has 0 saturated heterocycles. The van der Waals surface area contributed by atoms with Gasteiger partial charge in [0.25, 0.3) is 0 Å². The van der Waals surface area contributed by atoms with Crippen molar-refractivity contribution in [2.45, 2.75) is 18.2 Å². The van der Waals surface area contributed by atoms with Crippen LogP contribution in [0.25, 0.3) is 0 Å². The smallest absolute Gasteiger partial charge is 0.246 e. The fourth-order valence-corrected chi connectivity index (χ4v) is 2.90. The van der Waals surface area contributed by atoms with E-state index in [0.29, 0.717) is 6.54 Å². The lowest BCUT2D eigenvalue weighted by Gasteiger charge is -2.19. The highest BCUT2D eigenvalue weighted by atomic mass is 32.2. The predicted molar refractivity (Wildman–Crippen MR) is 63.3 cm³/mol. The van der Waals surface area contributed by atoms with Crippen molar-refractivity contribution in [3.63, 3.8) is 0 Å². The number of nitrogens with two attached hydrogens (primary N) is 1. The molecule has 1 heterocycles. The van der Waals surface area contributed by atoms with Gasteiger partial charge in [-0.25, -0.2) is 13.4 Å². The maximum absolute atomic E-state index is 12.2. The molecule has 0 bridgehead atoms. The maximum atomic E-state index is 12.2. The average Bonchev–Trinajstić information content (AvgIpc) is 2.30. The molecular weight excluding hydrogens is 240 g/mol. The fourth-order valence-electron chi connectivity index (χ4n) is 1.38. The van der Waals surface area contributed by atoms with E-state index in [4.69, 9.17) is 11.0 Å². The largest absolute Gasteiger partial charge is 0.383 e. The second-order valence-corrected chi connectivity index (χ2v) is 5.20. The first kappa shape index (κ1) is 13.4. The number of sulfonamides is 1. The van der Waals surface area contributed by atoms with Crippen molar-refractivity contribution in [1.82, 2.24) is 9.29 Å². The summed E-state index contributed by atoms with van der Waals surface area (Å²) in [6.45, 7) is 2.16. The molecule has 0 spiro atoms. The predicted octanol–water partition coefficient (Wildman–Crippen LogP) is 0.588. The van der Waals surface area contributed by atoms with Gasteiger partial charge in [0.2, 0.25) is 10.0 Å². The lowest BCUT2D eigenvalue weighted by molar-refractivity contribution is 0.435. The first-order valence-electron chi connectivity index (χ1n) is 5.11. The molecule has 0 radical (unpaired) electrons. The maximum Gasteiger partial charge on any atom is 0.246 e. The number of nitrogens with zero attached hydrogens (tertiary/aromatic N) is 3. The fraction of sp³-hybridized carbons (Fsp3) is 0.400. The Morgan fingerprint density at radius 1 is 1.59 bits per heavy atom. The van der Waals surface area contributed by atoms with Crippen LogP contribution in [-0.2, 0) is 10.0 Å². The van der Waals surface area contributed by atoms with E-state index in [1.54, 1.807) is 6.92 Å². The van der Waals surface area contributed by atoms with Crippen molar-refractivity contribution in [1.29, 1.82) is 5.26 Å². The zero-order valence-electron chi connectivity index (χ0n) is 9.50. The molecule has 1 aromatic heterocycles. The Kier molecular flexibility index (Phi) is 4.43. The van der Waals surface area contributed by atoms with Crippen LogP contribution in [0.2, 0.25) is 0 Å². The molecule has 2 N–H and O–H groups in total. The van der Waals surface area contributed by atoms with Crippen LogP contribution in [0.3, 0.4) is 0 Å². The first-order valence-corrected chi connectivity index (χ1v) is 6.55. The third kappa shape index (κ3) is 2.93. The van der Waals surface area contributed by atoms with Gasteiger partial charge in [-0.15, -0.1) is 0 Å². The zero-order chi connectivity index (χ0) is 12.9. The molecule has 17 heavy (non-hydrogen) atoms. The summed E-state index contributed by atoms with van der Waals surface area (Å²) >= 11 is 0. The summed E-state index contributed by atoms with van der Waals surface area (Å²) in [6.07, 6.45) is 1.58. The van der Waals surface area contributed by atoms with E-state index >= 15 is 0 Å². The van der Waals surface area contributed by atoms with Crippen molar-refractivity contribution >= 4 is 15.8 Å². The quantitative estimate of drug-likeness (QED) is 0.828. The molecule has 0 aliphatic carbocycles. The highest BCUT2D eigenvalue weighted by molar-refractivity contribution is 7.89. The lowest BCUT2D eigenvalue weighted by atomic mass is 10.5. The summed E-state index contributed by atoms with van der Waals surface area (Å²) in [5.74, 6) is -0.0251. The molecule has 0 unspecified atom stereocenters. The summed E-state index contributed by atoms with van der Waals surface area (Å²) in [5, 5.41) is 8.49. The van der Waals surface area contributed by atoms with Gasteiger partial charge in [-0.05, 0) is 12.1 Å². The minimum atomic E-state index is -3.66. The number of hydrogen-bond acceptors (Lipinski definition) is 5. The monoisotopic (exact) mass is 254 g/mol. The lowest BCUT2D eigenvalue weighted by Crippen LogP contribution is -2.32. The van der Waals surface area contributed by atoms with Crippen LogP contribution in [0, 0.1) is 11.3 Å². The normalized spacial score (nSPS) is 11.4. The molecule has 92 valence electrons. The van der Waals surface area contributed by atoms with Crippen LogP contribution >= 0.6 is 0 Å². The van der Waals surface area contributed by atoms with E-state index in [9.17, 15) is 8.42 Å². The number of rotatable bonds is 5. The molecule has 0 amide bonds. The van der Waals surface area contributed by atoms with Gasteiger partial charge in [-0.1, -0.05) is 6.92 Å². The molecule has 6 nitrogen and oxygen atoms in total. The molecule has 0 saturated carbocycles. The molecule has 0 aromatic carbocycles. The highest BCUT2D eigenvalue weighted by Crippen LogP contribution is 2.19. The molecule has 0 aliphatic rings. The van der Waals surface area contributed by atoms with Crippen LogP contribution in [0.15, 0.2) is 23.2 Å². The van der Waals surface area contributed by atoms with Gasteiger partial charge >= 0.3 is 0 Å². The van der Waals surface area contributed by atoms with Crippen LogP contribution in [0.1, 0.15) is 13.3 Å². The SMILES string of the molecule is CCN(CCC#N)S(=O)(=O)c1cccnc1N. The molecule has 0 fully saturated rings. The summed E-state index contributed by atoms with van der Waals surface area (Å²) in [6, 6.07) is 4.84. The van der Waals surface area contributed by atoms with E-state index < -0.39 is 10.0 Å². The Balaban J connectivity index is 3.10. The first-order chi connectivity index (χ1) is 8.04. The van der Waals surface area contributed by atoms with E-state index in [1.165, 1.54) is 22.6 Å². The standard InChI is InChI=1S/C10H14N4O2S/c1-2-14(8-4-6-11)17(15,16)9-5-3-7-13-10(9)12/h3,5,7H,2,4,8H2,1H3,(H2,12,13). The summed E-state index contributed by atoms with van der Waals surface area (Å²) < 4.78 is 25.6. The van der Waals surface area contributed by atoms with E-state index in [-0.39, 0.29) is 23.7 Å². The topological polar surface area (TPSA) is 100 Å². The van der Waals surface area contributed by atoms with Crippen molar-refractivity contribution in [2.75, 3.05) is 18.8 Å². The van der Waals surface area contributed by atoms with E-state index in [0.717, 1.165) is 0 Å². The Bertz CT molecular complexity index is 521. The summed E-state index contributed by atoms with van der Waals surface area (Å²) in [5.41, 5.74) is 5.55. The van der Waals surface area contributed by atoms with Gasteiger partial charge in [0.15, 0.2) is 0 Å². The molecule has 0 atom stereocenters. The summed E-state index contributed by atoms with van der Waals surface area (Å²) in [4.78, 5) is 3.74. The third-order valence-electron chi connectivity index (χ3n) is 2.24. The number of aromatic nitrogens is 1. The van der Waals surface area contributed by atoms with Gasteiger partial charge < -0.3 is 5.73 Å². The Hall–Kier alpha value is -1.65.